The molecule has 102 valence electrons. The van der Waals surface area contributed by atoms with E-state index in [-0.39, 0.29) is 16.9 Å². The van der Waals surface area contributed by atoms with E-state index in [1.165, 1.54) is 17.1 Å². The second kappa shape index (κ2) is 5.41. The number of nitrogens with zero attached hydrogens (tertiary/aromatic N) is 3. The molecule has 0 aromatic carbocycles. The minimum atomic E-state index is -0.628. The van der Waals surface area contributed by atoms with E-state index in [2.05, 4.69) is 27.0 Å². The molecule has 0 fully saturated rings. The first-order chi connectivity index (χ1) is 9.02. The van der Waals surface area contributed by atoms with E-state index in [0.717, 1.165) is 0 Å². The molecule has 2 atom stereocenters. The Hall–Kier alpha value is -1.86. The second-order valence-corrected chi connectivity index (χ2v) is 4.49. The fourth-order valence-electron chi connectivity index (χ4n) is 1.80. The summed E-state index contributed by atoms with van der Waals surface area (Å²) in [6.07, 6.45) is 2.32. The third kappa shape index (κ3) is 2.77. The molecule has 2 aromatic rings. The van der Waals surface area contributed by atoms with Gasteiger partial charge in [0.25, 0.3) is 5.56 Å². The average Bonchev–Trinajstić information content (AvgIpc) is 2.71. The largest absolute Gasteiger partial charge is 0.391 e. The van der Waals surface area contributed by atoms with Crippen molar-refractivity contribution in [1.29, 1.82) is 0 Å². The molecule has 0 aliphatic rings. The summed E-state index contributed by atoms with van der Waals surface area (Å²) in [7, 11) is 0. The number of nitrogens with one attached hydrogen (secondary N) is 2. The van der Waals surface area contributed by atoms with E-state index in [1.54, 1.807) is 6.92 Å². The molecule has 0 saturated carbocycles. The lowest BCUT2D eigenvalue weighted by atomic mass is 10.2. The van der Waals surface area contributed by atoms with Gasteiger partial charge in [-0.15, -0.1) is 0 Å². The van der Waals surface area contributed by atoms with Crippen LogP contribution in [0.2, 0.25) is 5.28 Å². The van der Waals surface area contributed by atoms with Crippen molar-refractivity contribution in [3.8, 4) is 0 Å². The van der Waals surface area contributed by atoms with Gasteiger partial charge in [-0.2, -0.15) is 5.10 Å². The monoisotopic (exact) mass is 283 g/mol. The van der Waals surface area contributed by atoms with E-state index in [4.69, 9.17) is 11.6 Å². The van der Waals surface area contributed by atoms with Crippen molar-refractivity contribution in [2.45, 2.75) is 25.6 Å². The number of fused-ring (bicyclic) bond motifs is 1. The first-order valence-electron chi connectivity index (χ1n) is 5.69. The Morgan fingerprint density at radius 2 is 2.47 bits per heavy atom. The zero-order chi connectivity index (χ0) is 14.0. The lowest BCUT2D eigenvalue weighted by Crippen LogP contribution is -2.39. The SMILES string of the molecule is C=CNC(Cn1ncc2nc(Cl)[nH]c(=O)c21)C(C)O. The van der Waals surface area contributed by atoms with Gasteiger partial charge in [0.1, 0.15) is 5.52 Å². The maximum Gasteiger partial charge on any atom is 0.278 e. The highest BCUT2D eigenvalue weighted by Crippen LogP contribution is 2.09. The molecule has 19 heavy (non-hydrogen) atoms. The molecule has 0 saturated heterocycles. The van der Waals surface area contributed by atoms with Crippen LogP contribution in [0.4, 0.5) is 0 Å². The van der Waals surface area contributed by atoms with Crippen LogP contribution in [0.25, 0.3) is 11.0 Å². The average molecular weight is 284 g/mol. The first-order valence-corrected chi connectivity index (χ1v) is 6.07. The van der Waals surface area contributed by atoms with Gasteiger partial charge in [0.15, 0.2) is 5.52 Å². The Labute approximate surface area is 113 Å². The quantitative estimate of drug-likeness (QED) is 0.684. The molecule has 2 rings (SSSR count). The highest BCUT2D eigenvalue weighted by molar-refractivity contribution is 6.28. The molecule has 0 bridgehead atoms. The maximum atomic E-state index is 11.8. The Morgan fingerprint density at radius 3 is 3.11 bits per heavy atom. The van der Waals surface area contributed by atoms with Gasteiger partial charge in [-0.25, -0.2) is 4.98 Å². The van der Waals surface area contributed by atoms with Crippen LogP contribution < -0.4 is 10.9 Å². The minimum Gasteiger partial charge on any atom is -0.391 e. The van der Waals surface area contributed by atoms with Crippen molar-refractivity contribution in [2.24, 2.45) is 0 Å². The van der Waals surface area contributed by atoms with Gasteiger partial charge in [0.05, 0.1) is 24.9 Å². The fourth-order valence-corrected chi connectivity index (χ4v) is 1.97. The smallest absolute Gasteiger partial charge is 0.278 e. The standard InChI is InChI=1S/C11H14ClN5O2/c1-3-13-8(6(2)18)5-17-9-7(4-14-17)15-11(12)16-10(9)19/h3-4,6,8,13,18H,1,5H2,2H3,(H,15,16,19). The predicted molar refractivity (Wildman–Crippen MR) is 72.0 cm³/mol. The summed E-state index contributed by atoms with van der Waals surface area (Å²) in [6, 6.07) is -0.310. The number of aliphatic hydroxyl groups is 1. The molecule has 0 amide bonds. The van der Waals surface area contributed by atoms with Crippen LogP contribution in [-0.4, -0.2) is 37.0 Å². The van der Waals surface area contributed by atoms with Crippen LogP contribution in [0.1, 0.15) is 6.92 Å². The van der Waals surface area contributed by atoms with E-state index >= 15 is 0 Å². The first kappa shape index (κ1) is 13.6. The summed E-state index contributed by atoms with van der Waals surface area (Å²) in [6.45, 7) is 5.50. The summed E-state index contributed by atoms with van der Waals surface area (Å²) in [4.78, 5) is 18.2. The number of H-pyrrole nitrogens is 1. The highest BCUT2D eigenvalue weighted by Gasteiger charge is 2.17. The number of halogens is 1. The normalized spacial score (nSPS) is 14.3. The zero-order valence-electron chi connectivity index (χ0n) is 10.3. The number of aromatic amines is 1. The van der Waals surface area contributed by atoms with Gasteiger partial charge in [0.2, 0.25) is 5.28 Å². The molecule has 2 heterocycles. The topological polar surface area (TPSA) is 95.8 Å². The lowest BCUT2D eigenvalue weighted by Gasteiger charge is -2.20. The fraction of sp³-hybridized carbons (Fsp3) is 0.364. The molecule has 2 unspecified atom stereocenters. The van der Waals surface area contributed by atoms with Crippen molar-refractivity contribution in [2.75, 3.05) is 0 Å². The molecule has 0 radical (unpaired) electrons. The van der Waals surface area contributed by atoms with Crippen molar-refractivity contribution in [3.63, 3.8) is 0 Å². The second-order valence-electron chi connectivity index (χ2n) is 4.14. The van der Waals surface area contributed by atoms with E-state index in [9.17, 15) is 9.90 Å². The number of hydrogen-bond acceptors (Lipinski definition) is 5. The molecule has 7 nitrogen and oxygen atoms in total. The summed E-state index contributed by atoms with van der Waals surface area (Å²) < 4.78 is 1.48. The van der Waals surface area contributed by atoms with Crippen LogP contribution >= 0.6 is 11.6 Å². The van der Waals surface area contributed by atoms with E-state index in [1.807, 2.05) is 0 Å². The van der Waals surface area contributed by atoms with E-state index < -0.39 is 6.10 Å². The number of aliphatic hydroxyl groups excluding tert-OH is 1. The number of rotatable bonds is 5. The van der Waals surface area contributed by atoms with Gasteiger partial charge < -0.3 is 10.4 Å². The van der Waals surface area contributed by atoms with Crippen LogP contribution in [-0.2, 0) is 6.54 Å². The molecular formula is C11H14ClN5O2. The third-order valence-corrected chi connectivity index (χ3v) is 2.93. The van der Waals surface area contributed by atoms with Gasteiger partial charge in [0, 0.05) is 0 Å². The van der Waals surface area contributed by atoms with Crippen LogP contribution in [0.15, 0.2) is 23.8 Å². The number of hydrogen-bond donors (Lipinski definition) is 3. The molecule has 0 spiro atoms. The van der Waals surface area contributed by atoms with Crippen molar-refractivity contribution in [3.05, 3.63) is 34.6 Å². The van der Waals surface area contributed by atoms with Crippen molar-refractivity contribution >= 4 is 22.6 Å². The molecule has 3 N–H and O–H groups in total. The number of aromatic nitrogens is 4. The highest BCUT2D eigenvalue weighted by atomic mass is 35.5. The van der Waals surface area contributed by atoms with Crippen LogP contribution in [0, 0.1) is 0 Å². The summed E-state index contributed by atoms with van der Waals surface area (Å²) in [5, 5.41) is 16.7. The Bertz CT molecular complexity index is 648. The molecule has 0 aliphatic carbocycles. The van der Waals surface area contributed by atoms with E-state index in [0.29, 0.717) is 17.6 Å². The zero-order valence-corrected chi connectivity index (χ0v) is 11.1. The van der Waals surface area contributed by atoms with Gasteiger partial charge in [-0.05, 0) is 24.7 Å². The van der Waals surface area contributed by atoms with Crippen LogP contribution in [0.3, 0.4) is 0 Å². The Balaban J connectivity index is 2.40. The van der Waals surface area contributed by atoms with Gasteiger partial charge in [-0.3, -0.25) is 14.5 Å². The van der Waals surface area contributed by atoms with Crippen molar-refractivity contribution < 1.29 is 5.11 Å². The molecular weight excluding hydrogens is 270 g/mol. The lowest BCUT2D eigenvalue weighted by molar-refractivity contribution is 0.141. The minimum absolute atomic E-state index is 0.0216. The Kier molecular flexibility index (Phi) is 3.87. The molecule has 2 aromatic heterocycles. The third-order valence-electron chi connectivity index (χ3n) is 2.75. The van der Waals surface area contributed by atoms with Crippen LogP contribution in [0.5, 0.6) is 0 Å². The summed E-state index contributed by atoms with van der Waals surface area (Å²) in [5.41, 5.74) is 0.369. The van der Waals surface area contributed by atoms with Crippen molar-refractivity contribution in [1.82, 2.24) is 25.1 Å². The summed E-state index contributed by atoms with van der Waals surface area (Å²) >= 11 is 5.67. The Morgan fingerprint density at radius 1 is 1.74 bits per heavy atom. The van der Waals surface area contributed by atoms with Gasteiger partial charge in [-0.1, -0.05) is 6.58 Å². The molecule has 0 aliphatic heterocycles. The molecule has 8 heteroatoms. The maximum absolute atomic E-state index is 11.8. The summed E-state index contributed by atoms with van der Waals surface area (Å²) in [5.74, 6) is 0. The van der Waals surface area contributed by atoms with Gasteiger partial charge >= 0.3 is 0 Å². The predicted octanol–water partition coefficient (Wildman–Crippen LogP) is 0.255.